The predicted molar refractivity (Wildman–Crippen MR) is 126 cm³/mol. The predicted octanol–water partition coefficient (Wildman–Crippen LogP) is 3.99. The highest BCUT2D eigenvalue weighted by molar-refractivity contribution is 6.76. The Kier molecular flexibility index (Phi) is 8.24. The number of carbonyl (C=O) groups is 2. The summed E-state index contributed by atoms with van der Waals surface area (Å²) in [4.78, 5) is 32.4. The number of fused-ring (bicyclic) bond motifs is 1. The van der Waals surface area contributed by atoms with E-state index >= 15 is 0 Å². The zero-order valence-corrected chi connectivity index (χ0v) is 20.5. The van der Waals surface area contributed by atoms with Crippen molar-refractivity contribution >= 4 is 37.1 Å². The Hall–Kier alpha value is -2.46. The van der Waals surface area contributed by atoms with Crippen molar-refractivity contribution in [3.63, 3.8) is 0 Å². The molecule has 2 aromatic rings. The van der Waals surface area contributed by atoms with Gasteiger partial charge in [0, 0.05) is 33.8 Å². The zero-order chi connectivity index (χ0) is 23.1. The van der Waals surface area contributed by atoms with Crippen molar-refractivity contribution < 1.29 is 19.1 Å². The normalized spacial score (nSPS) is 19.0. The van der Waals surface area contributed by atoms with E-state index in [9.17, 15) is 9.59 Å². The first-order valence-corrected chi connectivity index (χ1v) is 15.0. The third-order valence-electron chi connectivity index (χ3n) is 5.57. The number of hydrogen-bond acceptors (Lipinski definition) is 6. The zero-order valence-electron chi connectivity index (χ0n) is 19.5. The van der Waals surface area contributed by atoms with Gasteiger partial charge in [-0.25, -0.2) is 14.8 Å². The number of amides is 2. The van der Waals surface area contributed by atoms with Crippen LogP contribution >= 0.6 is 0 Å². The number of anilines is 1. The Morgan fingerprint density at radius 2 is 2.09 bits per heavy atom. The summed E-state index contributed by atoms with van der Waals surface area (Å²) in [6, 6.07) is 2.74. The Morgan fingerprint density at radius 1 is 1.28 bits per heavy atom. The van der Waals surface area contributed by atoms with Crippen molar-refractivity contribution in [2.75, 3.05) is 18.5 Å². The molecule has 0 spiro atoms. The molecule has 0 radical (unpaired) electrons. The summed E-state index contributed by atoms with van der Waals surface area (Å²) in [5.41, 5.74) is 1.43. The van der Waals surface area contributed by atoms with Crippen LogP contribution in [0.2, 0.25) is 25.7 Å². The summed E-state index contributed by atoms with van der Waals surface area (Å²) < 4.78 is 12.8. The molecule has 1 saturated carbocycles. The maximum absolute atomic E-state index is 12.5. The number of hydrogen-bond donors (Lipinski definition) is 2. The second-order valence-corrected chi connectivity index (χ2v) is 15.3. The molecule has 1 fully saturated rings. The molecule has 2 heterocycles. The lowest BCUT2D eigenvalue weighted by molar-refractivity contribution is -0.142. The fraction of sp³-hybridized carbons (Fsp3) is 0.636. The first-order chi connectivity index (χ1) is 15.2. The minimum atomic E-state index is -1.11. The van der Waals surface area contributed by atoms with E-state index in [4.69, 9.17) is 9.47 Å². The number of aromatic nitrogens is 3. The summed E-state index contributed by atoms with van der Waals surface area (Å²) >= 11 is 0. The van der Waals surface area contributed by atoms with Crippen LogP contribution in [0, 0.1) is 5.92 Å². The van der Waals surface area contributed by atoms with Crippen LogP contribution in [0.15, 0.2) is 18.5 Å². The molecule has 0 bridgehead atoms. The lowest BCUT2D eigenvalue weighted by Gasteiger charge is -2.29. The minimum Gasteiger partial charge on any atom is -0.466 e. The third kappa shape index (κ3) is 7.59. The number of carbonyl (C=O) groups excluding carboxylic acids is 2. The molecule has 3 rings (SSSR count). The number of rotatable bonds is 9. The van der Waals surface area contributed by atoms with E-state index in [2.05, 4.69) is 40.2 Å². The molecule has 2 unspecified atom stereocenters. The molecule has 0 aliphatic heterocycles. The Bertz CT molecular complexity index is 927. The molecule has 176 valence electrons. The van der Waals surface area contributed by atoms with Gasteiger partial charge in [-0.1, -0.05) is 26.1 Å². The highest BCUT2D eigenvalue weighted by Crippen LogP contribution is 2.25. The van der Waals surface area contributed by atoms with E-state index in [1.165, 1.54) is 6.92 Å². The second-order valence-electron chi connectivity index (χ2n) is 9.73. The van der Waals surface area contributed by atoms with Gasteiger partial charge in [0.05, 0.1) is 12.8 Å². The lowest BCUT2D eigenvalue weighted by atomic mass is 9.86. The van der Waals surface area contributed by atoms with E-state index in [1.54, 1.807) is 6.20 Å². The highest BCUT2D eigenvalue weighted by Gasteiger charge is 2.24. The number of esters is 1. The molecule has 2 amide bonds. The Morgan fingerprint density at radius 3 is 2.84 bits per heavy atom. The standard InChI is InChI=1S/C22H35N5O4Si/c1-16(28)31-14-17-6-5-7-18(12-17)24-22(29)26-20-13-23-21-19(25-20)8-9-27(21)15-30-10-11-32(2,3)4/h8-9,13,17-18H,5-7,10-12,14-15H2,1-4H3,(H2,24,25,26,29). The van der Waals surface area contributed by atoms with Crippen LogP contribution in [0.3, 0.4) is 0 Å². The largest absolute Gasteiger partial charge is 0.466 e. The highest BCUT2D eigenvalue weighted by atomic mass is 28.3. The number of nitrogens with zero attached hydrogens (tertiary/aromatic N) is 3. The number of nitrogens with one attached hydrogen (secondary N) is 2. The first-order valence-electron chi connectivity index (χ1n) is 11.3. The van der Waals surface area contributed by atoms with Crippen LogP contribution in [-0.2, 0) is 21.0 Å². The van der Waals surface area contributed by atoms with Crippen LogP contribution in [0.1, 0.15) is 32.6 Å². The molecule has 9 nitrogen and oxygen atoms in total. The van der Waals surface area contributed by atoms with Crippen molar-refractivity contribution in [3.8, 4) is 0 Å². The van der Waals surface area contributed by atoms with Crippen LogP contribution < -0.4 is 10.6 Å². The fourth-order valence-corrected chi connectivity index (χ4v) is 4.57. The van der Waals surface area contributed by atoms with Crippen LogP contribution in [0.4, 0.5) is 10.6 Å². The maximum Gasteiger partial charge on any atom is 0.320 e. The van der Waals surface area contributed by atoms with Crippen molar-refractivity contribution in [2.45, 2.75) is 71.1 Å². The second kappa shape index (κ2) is 10.9. The minimum absolute atomic E-state index is 0.0513. The Labute approximate surface area is 190 Å². The molecule has 0 aromatic carbocycles. The third-order valence-corrected chi connectivity index (χ3v) is 7.28. The van der Waals surface area contributed by atoms with Crippen LogP contribution in [-0.4, -0.2) is 53.9 Å². The summed E-state index contributed by atoms with van der Waals surface area (Å²) in [6.45, 7) is 9.99. The Balaban J connectivity index is 1.49. The molecular formula is C22H35N5O4Si. The number of urea groups is 1. The average Bonchev–Trinajstić information content (AvgIpc) is 3.11. The van der Waals surface area contributed by atoms with Gasteiger partial charge in [-0.2, -0.15) is 0 Å². The molecule has 1 aliphatic rings. The van der Waals surface area contributed by atoms with Crippen LogP contribution in [0.5, 0.6) is 0 Å². The van der Waals surface area contributed by atoms with Gasteiger partial charge in [0.2, 0.25) is 0 Å². The van der Waals surface area contributed by atoms with Gasteiger partial charge >= 0.3 is 12.0 Å². The van der Waals surface area contributed by atoms with Gasteiger partial charge < -0.3 is 19.4 Å². The molecule has 2 N–H and O–H groups in total. The smallest absolute Gasteiger partial charge is 0.320 e. The molecule has 1 aliphatic carbocycles. The molecule has 32 heavy (non-hydrogen) atoms. The van der Waals surface area contributed by atoms with E-state index < -0.39 is 8.07 Å². The van der Waals surface area contributed by atoms with Crippen LogP contribution in [0.25, 0.3) is 11.2 Å². The fourth-order valence-electron chi connectivity index (χ4n) is 3.81. The van der Waals surface area contributed by atoms with Gasteiger partial charge in [0.1, 0.15) is 12.2 Å². The van der Waals surface area contributed by atoms with Gasteiger partial charge in [0.15, 0.2) is 11.5 Å². The monoisotopic (exact) mass is 461 g/mol. The lowest BCUT2D eigenvalue weighted by Crippen LogP contribution is -2.41. The SMILES string of the molecule is CC(=O)OCC1CCCC(NC(=O)Nc2cnc3c(ccn3COCC[Si](C)(C)C)n2)C1. The molecule has 0 saturated heterocycles. The van der Waals surface area contributed by atoms with Crippen molar-refractivity contribution in [3.05, 3.63) is 18.5 Å². The summed E-state index contributed by atoms with van der Waals surface area (Å²) in [7, 11) is -1.11. The average molecular weight is 462 g/mol. The molecule has 2 atom stereocenters. The molecule has 2 aromatic heterocycles. The van der Waals surface area contributed by atoms with Gasteiger partial charge in [0.25, 0.3) is 0 Å². The van der Waals surface area contributed by atoms with E-state index in [-0.39, 0.29) is 24.0 Å². The van der Waals surface area contributed by atoms with E-state index in [1.807, 2.05) is 16.8 Å². The maximum atomic E-state index is 12.5. The van der Waals surface area contributed by atoms with Gasteiger partial charge in [-0.3, -0.25) is 10.1 Å². The quantitative estimate of drug-likeness (QED) is 0.332. The summed E-state index contributed by atoms with van der Waals surface area (Å²) in [5, 5.41) is 5.78. The van der Waals surface area contributed by atoms with Crippen molar-refractivity contribution in [1.29, 1.82) is 0 Å². The van der Waals surface area contributed by atoms with Gasteiger partial charge in [-0.05, 0) is 37.3 Å². The van der Waals surface area contributed by atoms with Gasteiger partial charge in [-0.15, -0.1) is 0 Å². The van der Waals surface area contributed by atoms with Crippen molar-refractivity contribution in [2.24, 2.45) is 5.92 Å². The van der Waals surface area contributed by atoms with E-state index in [0.29, 0.717) is 24.7 Å². The first kappa shape index (κ1) is 24.2. The molecule has 10 heteroatoms. The summed E-state index contributed by atoms with van der Waals surface area (Å²) in [6.07, 6.45) is 7.17. The molecular weight excluding hydrogens is 426 g/mol. The number of ether oxygens (including phenoxy) is 2. The topological polar surface area (TPSA) is 107 Å². The van der Waals surface area contributed by atoms with E-state index in [0.717, 1.165) is 44.0 Å². The van der Waals surface area contributed by atoms with Crippen molar-refractivity contribution in [1.82, 2.24) is 19.9 Å². The summed E-state index contributed by atoms with van der Waals surface area (Å²) in [5.74, 6) is 0.417.